The van der Waals surface area contributed by atoms with Crippen LogP contribution in [0.4, 0.5) is 0 Å². The molecule has 1 N–H and O–H groups in total. The summed E-state index contributed by atoms with van der Waals surface area (Å²) < 4.78 is 11.7. The first-order valence-corrected chi connectivity index (χ1v) is 9.52. The van der Waals surface area contributed by atoms with Crippen molar-refractivity contribution in [2.24, 2.45) is 0 Å². The Kier molecular flexibility index (Phi) is 6.69. The molecule has 0 spiro atoms. The van der Waals surface area contributed by atoms with Crippen molar-refractivity contribution in [3.05, 3.63) is 95.1 Å². The molecule has 3 aromatic carbocycles. The van der Waals surface area contributed by atoms with Gasteiger partial charge < -0.3 is 14.6 Å². The Labute approximate surface area is 171 Å². The number of rotatable bonds is 8. The maximum absolute atomic E-state index is 11.7. The van der Waals surface area contributed by atoms with Gasteiger partial charge in [-0.3, -0.25) is 0 Å². The third-order valence-corrected chi connectivity index (χ3v) is 4.37. The molecule has 0 atom stereocenters. The largest absolute Gasteiger partial charge is 0.490 e. The fourth-order valence-corrected chi connectivity index (χ4v) is 3.02. The molecule has 148 valence electrons. The number of aryl methyl sites for hydroxylation is 1. The Bertz CT molecular complexity index is 1010. The van der Waals surface area contributed by atoms with Gasteiger partial charge in [0.25, 0.3) is 0 Å². The minimum absolute atomic E-state index is 0.224. The van der Waals surface area contributed by atoms with Gasteiger partial charge in [-0.15, -0.1) is 0 Å². The molecule has 0 radical (unpaired) electrons. The number of hydrogen-bond donors (Lipinski definition) is 1. The molecule has 0 aromatic heterocycles. The van der Waals surface area contributed by atoms with Gasteiger partial charge in [-0.05, 0) is 48.7 Å². The third kappa shape index (κ3) is 5.48. The highest BCUT2D eigenvalue weighted by molar-refractivity contribution is 6.20. The first-order chi connectivity index (χ1) is 14.1. The molecule has 0 fully saturated rings. The van der Waals surface area contributed by atoms with Crippen LogP contribution >= 0.6 is 0 Å². The number of hydrogen-bond acceptors (Lipinski definition) is 3. The molecule has 3 rings (SSSR count). The maximum Gasteiger partial charge on any atom is 0.336 e. The van der Waals surface area contributed by atoms with Crippen molar-refractivity contribution < 1.29 is 19.4 Å². The smallest absolute Gasteiger partial charge is 0.336 e. The number of ether oxygens (including phenoxy) is 2. The standard InChI is InChI=1S/C25H24O4/c1-3-28-24-16-19(15-22(25(26)27)21-10-5-4-6-11-21)12-13-23(24)29-17-20-9-7-8-18(2)14-20/h4-16H,3,17H2,1-2H3,(H,26,27)/b22-15-. The van der Waals surface area contributed by atoms with Crippen molar-refractivity contribution in [2.75, 3.05) is 6.61 Å². The van der Waals surface area contributed by atoms with Gasteiger partial charge in [0, 0.05) is 0 Å². The summed E-state index contributed by atoms with van der Waals surface area (Å²) in [5.74, 6) is 0.239. The number of carbonyl (C=O) groups is 1. The Morgan fingerprint density at radius 1 is 0.931 bits per heavy atom. The summed E-state index contributed by atoms with van der Waals surface area (Å²) in [7, 11) is 0. The van der Waals surface area contributed by atoms with Crippen molar-refractivity contribution >= 4 is 17.6 Å². The highest BCUT2D eigenvalue weighted by Gasteiger charge is 2.12. The molecular formula is C25H24O4. The van der Waals surface area contributed by atoms with Gasteiger partial charge in [-0.2, -0.15) is 0 Å². The predicted molar refractivity (Wildman–Crippen MR) is 115 cm³/mol. The lowest BCUT2D eigenvalue weighted by Gasteiger charge is -2.13. The van der Waals surface area contributed by atoms with Crippen molar-refractivity contribution in [1.29, 1.82) is 0 Å². The zero-order valence-electron chi connectivity index (χ0n) is 16.6. The van der Waals surface area contributed by atoms with E-state index in [9.17, 15) is 9.90 Å². The number of carboxylic acids is 1. The van der Waals surface area contributed by atoms with E-state index in [1.165, 1.54) is 5.56 Å². The molecule has 0 aliphatic carbocycles. The highest BCUT2D eigenvalue weighted by Crippen LogP contribution is 2.31. The summed E-state index contributed by atoms with van der Waals surface area (Å²) in [5, 5.41) is 9.62. The minimum Gasteiger partial charge on any atom is -0.490 e. The first kappa shape index (κ1) is 20.2. The molecule has 4 heteroatoms. The van der Waals surface area contributed by atoms with Gasteiger partial charge in [0.05, 0.1) is 12.2 Å². The van der Waals surface area contributed by atoms with Gasteiger partial charge in [0.15, 0.2) is 11.5 Å². The van der Waals surface area contributed by atoms with E-state index in [-0.39, 0.29) is 5.57 Å². The highest BCUT2D eigenvalue weighted by atomic mass is 16.5. The molecule has 0 amide bonds. The lowest BCUT2D eigenvalue weighted by molar-refractivity contribution is -0.130. The molecule has 0 aliphatic heterocycles. The third-order valence-electron chi connectivity index (χ3n) is 4.37. The lowest BCUT2D eigenvalue weighted by Crippen LogP contribution is -2.01. The molecule has 0 aliphatic rings. The van der Waals surface area contributed by atoms with Gasteiger partial charge in [0.2, 0.25) is 0 Å². The fraction of sp³-hybridized carbons (Fsp3) is 0.160. The van der Waals surface area contributed by atoms with Crippen LogP contribution < -0.4 is 9.47 Å². The van der Waals surface area contributed by atoms with E-state index in [0.717, 1.165) is 11.1 Å². The first-order valence-electron chi connectivity index (χ1n) is 9.52. The van der Waals surface area contributed by atoms with E-state index in [4.69, 9.17) is 9.47 Å². The predicted octanol–water partition coefficient (Wildman–Crippen LogP) is 5.60. The van der Waals surface area contributed by atoms with Crippen LogP contribution in [-0.2, 0) is 11.4 Å². The second kappa shape index (κ2) is 9.60. The molecule has 0 saturated heterocycles. The Hall–Kier alpha value is -3.53. The van der Waals surface area contributed by atoms with Gasteiger partial charge in [-0.25, -0.2) is 4.79 Å². The average Bonchev–Trinajstić information content (AvgIpc) is 2.72. The Morgan fingerprint density at radius 3 is 2.41 bits per heavy atom. The summed E-state index contributed by atoms with van der Waals surface area (Å²) >= 11 is 0. The number of aliphatic carboxylic acids is 1. The average molecular weight is 388 g/mol. The van der Waals surface area contributed by atoms with Crippen molar-refractivity contribution in [3.63, 3.8) is 0 Å². The maximum atomic E-state index is 11.7. The van der Waals surface area contributed by atoms with Gasteiger partial charge in [-0.1, -0.05) is 66.2 Å². The molecule has 3 aromatic rings. The summed E-state index contributed by atoms with van der Waals surface area (Å²) in [5.41, 5.74) is 3.87. The van der Waals surface area contributed by atoms with E-state index >= 15 is 0 Å². The topological polar surface area (TPSA) is 55.8 Å². The van der Waals surface area contributed by atoms with Crippen LogP contribution in [0.25, 0.3) is 11.6 Å². The second-order valence-electron chi connectivity index (χ2n) is 6.65. The van der Waals surface area contributed by atoms with E-state index < -0.39 is 5.97 Å². The van der Waals surface area contributed by atoms with E-state index in [1.807, 2.05) is 62.4 Å². The van der Waals surface area contributed by atoms with Gasteiger partial charge in [0.1, 0.15) is 6.61 Å². The zero-order valence-corrected chi connectivity index (χ0v) is 16.6. The molecule has 29 heavy (non-hydrogen) atoms. The molecule has 0 unspecified atom stereocenters. The van der Waals surface area contributed by atoms with E-state index in [1.54, 1.807) is 24.3 Å². The van der Waals surface area contributed by atoms with E-state index in [0.29, 0.717) is 30.3 Å². The quantitative estimate of drug-likeness (QED) is 0.403. The Balaban J connectivity index is 1.87. The van der Waals surface area contributed by atoms with Crippen LogP contribution in [0.15, 0.2) is 72.8 Å². The molecule has 4 nitrogen and oxygen atoms in total. The van der Waals surface area contributed by atoms with Crippen LogP contribution in [0.1, 0.15) is 29.2 Å². The van der Waals surface area contributed by atoms with E-state index in [2.05, 4.69) is 6.07 Å². The minimum atomic E-state index is -0.978. The number of benzene rings is 3. The molecular weight excluding hydrogens is 364 g/mol. The molecule has 0 bridgehead atoms. The van der Waals surface area contributed by atoms with Crippen LogP contribution in [0.2, 0.25) is 0 Å². The van der Waals surface area contributed by atoms with Crippen molar-refractivity contribution in [3.8, 4) is 11.5 Å². The van der Waals surface area contributed by atoms with Crippen LogP contribution in [0, 0.1) is 6.92 Å². The fourth-order valence-electron chi connectivity index (χ4n) is 3.02. The van der Waals surface area contributed by atoms with Crippen LogP contribution in [-0.4, -0.2) is 17.7 Å². The summed E-state index contributed by atoms with van der Waals surface area (Å²) in [4.78, 5) is 11.7. The molecule has 0 heterocycles. The monoisotopic (exact) mass is 388 g/mol. The van der Waals surface area contributed by atoms with Crippen molar-refractivity contribution in [1.82, 2.24) is 0 Å². The molecule has 0 saturated carbocycles. The normalized spacial score (nSPS) is 11.2. The van der Waals surface area contributed by atoms with Crippen LogP contribution in [0.3, 0.4) is 0 Å². The SMILES string of the molecule is CCOc1cc(/C=C(\C(=O)O)c2ccccc2)ccc1OCc1cccc(C)c1. The van der Waals surface area contributed by atoms with Crippen LogP contribution in [0.5, 0.6) is 11.5 Å². The van der Waals surface area contributed by atoms with Crippen molar-refractivity contribution in [2.45, 2.75) is 20.5 Å². The Morgan fingerprint density at radius 2 is 1.72 bits per heavy atom. The summed E-state index contributed by atoms with van der Waals surface area (Å²) in [6, 6.07) is 22.7. The summed E-state index contributed by atoms with van der Waals surface area (Å²) in [6.45, 7) is 4.86. The number of carboxylic acid groups (broad SMARTS) is 1. The summed E-state index contributed by atoms with van der Waals surface area (Å²) in [6.07, 6.45) is 1.64. The lowest BCUT2D eigenvalue weighted by atomic mass is 10.0. The zero-order chi connectivity index (χ0) is 20.6. The van der Waals surface area contributed by atoms with Gasteiger partial charge >= 0.3 is 5.97 Å². The second-order valence-corrected chi connectivity index (χ2v) is 6.65.